The molecule has 0 aliphatic rings. The molecule has 4 aromatic rings. The molecule has 0 fully saturated rings. The third-order valence-electron chi connectivity index (χ3n) is 4.52. The van der Waals surface area contributed by atoms with E-state index in [1.54, 1.807) is 18.7 Å². The lowest BCUT2D eigenvalue weighted by Gasteiger charge is -2.36. The minimum atomic E-state index is -0.760. The fourth-order valence-corrected chi connectivity index (χ4v) is 3.95. The second-order valence-corrected chi connectivity index (χ2v) is 7.15. The Bertz CT molecular complexity index is 981. The quantitative estimate of drug-likeness (QED) is 0.358. The molecule has 0 aliphatic heterocycles. The Balaban J connectivity index is 2.15. The molecule has 0 radical (unpaired) electrons. The summed E-state index contributed by atoms with van der Waals surface area (Å²) >= 11 is 8.18. The topological polar surface area (TPSA) is 43.6 Å². The Morgan fingerprint density at radius 3 is 2.11 bits per heavy atom. The van der Waals surface area contributed by atoms with E-state index in [1.165, 1.54) is 11.8 Å². The van der Waals surface area contributed by atoms with Gasteiger partial charge in [0.1, 0.15) is 5.54 Å². The molecule has 2 aromatic heterocycles. The highest BCUT2D eigenvalue weighted by Crippen LogP contribution is 2.42. The van der Waals surface area contributed by atoms with Crippen LogP contribution in [0.3, 0.4) is 0 Å². The lowest BCUT2D eigenvalue weighted by molar-refractivity contribution is 0.494. The number of benzene rings is 2. The van der Waals surface area contributed by atoms with Crippen molar-refractivity contribution < 1.29 is 0 Å². The number of aromatic nitrogens is 4. The standard InChI is InChI=1S/C21H17ClN4S/c1-27-20-24-14-18(22)19(25-20)21(26-13-12-23-15-26,16-8-4-2-5-9-16)17-10-6-3-7-11-17/h2-15H,1H3. The molecule has 0 bridgehead atoms. The van der Waals surface area contributed by atoms with Gasteiger partial charge in [-0.2, -0.15) is 0 Å². The van der Waals surface area contributed by atoms with Gasteiger partial charge in [0, 0.05) is 12.4 Å². The Kier molecular flexibility index (Phi) is 4.97. The summed E-state index contributed by atoms with van der Waals surface area (Å²) in [5.41, 5.74) is 2.05. The van der Waals surface area contributed by atoms with Crippen LogP contribution >= 0.6 is 23.4 Å². The third-order valence-corrected chi connectivity index (χ3v) is 5.36. The zero-order chi connectivity index (χ0) is 18.7. The van der Waals surface area contributed by atoms with Crippen LogP contribution < -0.4 is 0 Å². The van der Waals surface area contributed by atoms with Gasteiger partial charge in [-0.3, -0.25) is 0 Å². The second kappa shape index (κ2) is 7.55. The van der Waals surface area contributed by atoms with Gasteiger partial charge in [0.2, 0.25) is 0 Å². The molecule has 0 spiro atoms. The molecule has 0 saturated heterocycles. The van der Waals surface area contributed by atoms with E-state index in [0.717, 1.165) is 16.8 Å². The van der Waals surface area contributed by atoms with E-state index < -0.39 is 5.54 Å². The number of rotatable bonds is 5. The van der Waals surface area contributed by atoms with Crippen LogP contribution in [0.1, 0.15) is 16.8 Å². The summed E-state index contributed by atoms with van der Waals surface area (Å²) < 4.78 is 2.05. The molecule has 0 saturated carbocycles. The van der Waals surface area contributed by atoms with Gasteiger partial charge < -0.3 is 4.57 Å². The van der Waals surface area contributed by atoms with Crippen molar-refractivity contribution in [3.63, 3.8) is 0 Å². The van der Waals surface area contributed by atoms with Gasteiger partial charge in [-0.25, -0.2) is 15.0 Å². The average Bonchev–Trinajstić information content (AvgIpc) is 3.27. The molecule has 134 valence electrons. The molecule has 0 N–H and O–H groups in total. The molecule has 6 heteroatoms. The summed E-state index contributed by atoms with van der Waals surface area (Å²) in [6, 6.07) is 20.4. The zero-order valence-corrected chi connectivity index (χ0v) is 16.2. The summed E-state index contributed by atoms with van der Waals surface area (Å²) in [4.78, 5) is 13.5. The van der Waals surface area contributed by atoms with Crippen molar-refractivity contribution in [1.29, 1.82) is 0 Å². The summed E-state index contributed by atoms with van der Waals surface area (Å²) in [6.45, 7) is 0. The largest absolute Gasteiger partial charge is 0.317 e. The van der Waals surface area contributed by atoms with Crippen molar-refractivity contribution in [2.45, 2.75) is 10.7 Å². The number of halogens is 1. The van der Waals surface area contributed by atoms with Gasteiger partial charge in [0.25, 0.3) is 0 Å². The van der Waals surface area contributed by atoms with Crippen LogP contribution in [0.4, 0.5) is 0 Å². The van der Waals surface area contributed by atoms with Gasteiger partial charge in [-0.05, 0) is 17.4 Å². The first-order valence-electron chi connectivity index (χ1n) is 8.43. The highest BCUT2D eigenvalue weighted by atomic mass is 35.5. The van der Waals surface area contributed by atoms with E-state index in [1.807, 2.05) is 48.9 Å². The first kappa shape index (κ1) is 17.8. The first-order valence-corrected chi connectivity index (χ1v) is 10.0. The molecule has 4 nitrogen and oxygen atoms in total. The lowest BCUT2D eigenvalue weighted by Crippen LogP contribution is -2.38. The summed E-state index contributed by atoms with van der Waals surface area (Å²) in [5.74, 6) is 0. The maximum atomic E-state index is 6.69. The SMILES string of the molecule is CSc1ncc(Cl)c(C(c2ccccc2)(c2ccccc2)n2ccnc2)n1. The monoisotopic (exact) mass is 392 g/mol. The molecular formula is C21H17ClN4S. The molecule has 0 atom stereocenters. The number of hydrogen-bond acceptors (Lipinski definition) is 4. The van der Waals surface area contributed by atoms with Crippen LogP contribution in [0.25, 0.3) is 0 Å². The molecular weight excluding hydrogens is 376 g/mol. The number of thioether (sulfide) groups is 1. The van der Waals surface area contributed by atoms with Crippen molar-refractivity contribution in [2.75, 3.05) is 6.26 Å². The summed E-state index contributed by atoms with van der Waals surface area (Å²) in [5, 5.41) is 1.18. The molecule has 2 heterocycles. The maximum Gasteiger partial charge on any atom is 0.187 e. The molecule has 0 amide bonds. The number of nitrogens with zero attached hydrogens (tertiary/aromatic N) is 4. The van der Waals surface area contributed by atoms with E-state index in [0.29, 0.717) is 10.2 Å². The summed E-state index contributed by atoms with van der Waals surface area (Å²) in [7, 11) is 0. The van der Waals surface area contributed by atoms with E-state index in [-0.39, 0.29) is 0 Å². The van der Waals surface area contributed by atoms with Crippen LogP contribution in [0.15, 0.2) is 90.7 Å². The predicted octanol–water partition coefficient (Wildman–Crippen LogP) is 4.89. The van der Waals surface area contributed by atoms with Crippen molar-refractivity contribution >= 4 is 23.4 Å². The van der Waals surface area contributed by atoms with Gasteiger partial charge in [0.05, 0.1) is 23.2 Å². The van der Waals surface area contributed by atoms with Crippen LogP contribution in [0, 0.1) is 0 Å². The van der Waals surface area contributed by atoms with Gasteiger partial charge >= 0.3 is 0 Å². The summed E-state index contributed by atoms with van der Waals surface area (Å²) in [6.07, 6.45) is 9.14. The van der Waals surface area contributed by atoms with E-state index >= 15 is 0 Å². The molecule has 0 unspecified atom stereocenters. The van der Waals surface area contributed by atoms with Crippen molar-refractivity contribution in [3.8, 4) is 0 Å². The fourth-order valence-electron chi connectivity index (χ4n) is 3.38. The van der Waals surface area contributed by atoms with Crippen LogP contribution in [-0.2, 0) is 5.54 Å². The minimum absolute atomic E-state index is 0.509. The smallest absolute Gasteiger partial charge is 0.187 e. The minimum Gasteiger partial charge on any atom is -0.317 e. The average molecular weight is 393 g/mol. The normalized spacial score (nSPS) is 11.5. The molecule has 2 aromatic carbocycles. The Labute approximate surface area is 167 Å². The van der Waals surface area contributed by atoms with Gasteiger partial charge in [-0.1, -0.05) is 84.0 Å². The molecule has 4 rings (SSSR count). The Morgan fingerprint density at radius 2 is 1.59 bits per heavy atom. The van der Waals surface area contributed by atoms with Crippen molar-refractivity contribution in [2.24, 2.45) is 0 Å². The zero-order valence-electron chi connectivity index (χ0n) is 14.7. The van der Waals surface area contributed by atoms with E-state index in [4.69, 9.17) is 16.6 Å². The third kappa shape index (κ3) is 3.03. The predicted molar refractivity (Wildman–Crippen MR) is 109 cm³/mol. The van der Waals surface area contributed by atoms with Crippen molar-refractivity contribution in [1.82, 2.24) is 19.5 Å². The van der Waals surface area contributed by atoms with Gasteiger partial charge in [0.15, 0.2) is 5.16 Å². The van der Waals surface area contributed by atoms with Crippen molar-refractivity contribution in [3.05, 3.63) is 107 Å². The van der Waals surface area contributed by atoms with Gasteiger partial charge in [-0.15, -0.1) is 0 Å². The highest BCUT2D eigenvalue weighted by molar-refractivity contribution is 7.98. The number of hydrogen-bond donors (Lipinski definition) is 0. The second-order valence-electron chi connectivity index (χ2n) is 5.97. The van der Waals surface area contributed by atoms with Crippen LogP contribution in [-0.4, -0.2) is 25.8 Å². The Hall–Kier alpha value is -2.63. The Morgan fingerprint density at radius 1 is 0.963 bits per heavy atom. The highest BCUT2D eigenvalue weighted by Gasteiger charge is 2.41. The van der Waals surface area contributed by atoms with Crippen LogP contribution in [0.5, 0.6) is 0 Å². The van der Waals surface area contributed by atoms with E-state index in [2.05, 4.69) is 38.8 Å². The lowest BCUT2D eigenvalue weighted by atomic mass is 9.79. The fraction of sp³-hybridized carbons (Fsp3) is 0.0952. The molecule has 0 aliphatic carbocycles. The first-order chi connectivity index (χ1) is 13.3. The van der Waals surface area contributed by atoms with Crippen LogP contribution in [0.2, 0.25) is 5.02 Å². The molecule has 27 heavy (non-hydrogen) atoms. The van der Waals surface area contributed by atoms with E-state index in [9.17, 15) is 0 Å². The maximum absolute atomic E-state index is 6.69. The number of imidazole rings is 1.